The summed E-state index contributed by atoms with van der Waals surface area (Å²) in [6, 6.07) is 5.53. The highest BCUT2D eigenvalue weighted by Gasteiger charge is 2.24. The highest BCUT2D eigenvalue weighted by molar-refractivity contribution is 5.23. The van der Waals surface area contributed by atoms with Gasteiger partial charge in [0.05, 0.1) is 5.69 Å². The second-order valence-corrected chi connectivity index (χ2v) is 5.48. The lowest BCUT2D eigenvalue weighted by Gasteiger charge is -2.31. The molecule has 6 heteroatoms. The fourth-order valence-corrected chi connectivity index (χ4v) is 2.79. The molecule has 0 aliphatic carbocycles. The van der Waals surface area contributed by atoms with Crippen LogP contribution in [-0.2, 0) is 6.54 Å². The molecule has 1 saturated heterocycles. The first-order valence-electron chi connectivity index (χ1n) is 7.39. The highest BCUT2D eigenvalue weighted by Crippen LogP contribution is 2.26. The van der Waals surface area contributed by atoms with Crippen LogP contribution in [0.25, 0.3) is 0 Å². The molecule has 0 unspecified atom stereocenters. The smallest absolute Gasteiger partial charge is 0.128 e. The lowest BCUT2D eigenvalue weighted by Crippen LogP contribution is -2.42. The number of halogens is 2. The van der Waals surface area contributed by atoms with E-state index in [0.717, 1.165) is 24.7 Å². The second kappa shape index (κ2) is 6.89. The molecule has 0 saturated carbocycles. The number of nitrogens with one attached hydrogen (secondary N) is 2. The van der Waals surface area contributed by atoms with Crippen LogP contribution < -0.4 is 10.6 Å². The Morgan fingerprint density at radius 2 is 2.18 bits per heavy atom. The van der Waals surface area contributed by atoms with Gasteiger partial charge in [0.1, 0.15) is 18.0 Å². The van der Waals surface area contributed by atoms with Gasteiger partial charge in [0.25, 0.3) is 0 Å². The first-order chi connectivity index (χ1) is 10.7. The van der Waals surface area contributed by atoms with Gasteiger partial charge in [-0.2, -0.15) is 0 Å². The van der Waals surface area contributed by atoms with Crippen molar-refractivity contribution in [3.63, 3.8) is 0 Å². The van der Waals surface area contributed by atoms with E-state index in [2.05, 4.69) is 20.6 Å². The molecule has 0 radical (unpaired) electrons. The Bertz CT molecular complexity index is 621. The van der Waals surface area contributed by atoms with Gasteiger partial charge in [-0.05, 0) is 43.7 Å². The molecule has 4 nitrogen and oxygen atoms in total. The van der Waals surface area contributed by atoms with E-state index in [-0.39, 0.29) is 17.9 Å². The summed E-state index contributed by atoms with van der Waals surface area (Å²) < 4.78 is 27.2. The van der Waals surface area contributed by atoms with E-state index in [1.807, 2.05) is 6.07 Å². The van der Waals surface area contributed by atoms with E-state index in [9.17, 15) is 8.78 Å². The average Bonchev–Trinajstić information content (AvgIpc) is 2.56. The Labute approximate surface area is 128 Å². The maximum Gasteiger partial charge on any atom is 0.128 e. The summed E-state index contributed by atoms with van der Waals surface area (Å²) >= 11 is 0. The molecule has 1 aromatic heterocycles. The molecule has 2 aromatic rings. The fraction of sp³-hybridized carbons (Fsp3) is 0.375. The summed E-state index contributed by atoms with van der Waals surface area (Å²) in [5.74, 6) is -0.774. The Morgan fingerprint density at radius 1 is 1.27 bits per heavy atom. The van der Waals surface area contributed by atoms with Crippen molar-refractivity contribution >= 4 is 0 Å². The predicted molar refractivity (Wildman–Crippen MR) is 79.0 cm³/mol. The number of rotatable bonds is 4. The standard InChI is InChI=1S/C16H18F2N4/c17-11-1-2-15(18)14(7-11)16-8-12(4-6-20-16)21-9-13-3-5-19-10-22-13/h1-3,5,7,10,12,16,20-21H,4,6,8-9H2/t12-,16+/m1/s1. The monoisotopic (exact) mass is 304 g/mol. The van der Waals surface area contributed by atoms with Gasteiger partial charge in [0.15, 0.2) is 0 Å². The maximum absolute atomic E-state index is 13.9. The van der Waals surface area contributed by atoms with Gasteiger partial charge in [0, 0.05) is 30.4 Å². The van der Waals surface area contributed by atoms with E-state index >= 15 is 0 Å². The first-order valence-corrected chi connectivity index (χ1v) is 7.39. The predicted octanol–water partition coefficient (Wildman–Crippen LogP) is 2.34. The molecule has 116 valence electrons. The summed E-state index contributed by atoms with van der Waals surface area (Å²) in [4.78, 5) is 8.05. The summed E-state index contributed by atoms with van der Waals surface area (Å²) in [5, 5.41) is 6.68. The third kappa shape index (κ3) is 3.64. The molecule has 1 aliphatic rings. The second-order valence-electron chi connectivity index (χ2n) is 5.48. The molecule has 1 aromatic carbocycles. The van der Waals surface area contributed by atoms with Crippen molar-refractivity contribution in [2.24, 2.45) is 0 Å². The zero-order valence-electron chi connectivity index (χ0n) is 12.1. The topological polar surface area (TPSA) is 49.8 Å². The Morgan fingerprint density at radius 3 is 3.00 bits per heavy atom. The Kier molecular flexibility index (Phi) is 4.70. The van der Waals surface area contributed by atoms with Crippen LogP contribution in [0.2, 0.25) is 0 Å². The van der Waals surface area contributed by atoms with Crippen molar-refractivity contribution in [1.29, 1.82) is 0 Å². The van der Waals surface area contributed by atoms with E-state index < -0.39 is 5.82 Å². The number of hydrogen-bond acceptors (Lipinski definition) is 4. The van der Waals surface area contributed by atoms with Gasteiger partial charge in [-0.3, -0.25) is 0 Å². The normalized spacial score (nSPS) is 21.7. The van der Waals surface area contributed by atoms with Crippen molar-refractivity contribution in [2.45, 2.75) is 31.5 Å². The molecule has 0 amide bonds. The van der Waals surface area contributed by atoms with E-state index in [0.29, 0.717) is 18.5 Å². The molecule has 1 fully saturated rings. The molecular formula is C16H18F2N4. The quantitative estimate of drug-likeness (QED) is 0.910. The first kappa shape index (κ1) is 15.0. The van der Waals surface area contributed by atoms with Gasteiger partial charge in [-0.25, -0.2) is 18.7 Å². The van der Waals surface area contributed by atoms with Crippen molar-refractivity contribution in [3.05, 3.63) is 59.7 Å². The lowest BCUT2D eigenvalue weighted by atomic mass is 9.93. The SMILES string of the molecule is Fc1ccc(F)c([C@@H]2C[C@H](NCc3ccncn3)CCN2)c1. The van der Waals surface area contributed by atoms with Crippen LogP contribution in [0.1, 0.15) is 30.1 Å². The molecule has 22 heavy (non-hydrogen) atoms. The summed E-state index contributed by atoms with van der Waals surface area (Å²) in [5.41, 5.74) is 1.32. The van der Waals surface area contributed by atoms with Crippen LogP contribution in [0.4, 0.5) is 8.78 Å². The van der Waals surface area contributed by atoms with E-state index in [1.165, 1.54) is 18.5 Å². The molecule has 1 aliphatic heterocycles. The third-order valence-electron chi connectivity index (χ3n) is 3.95. The lowest BCUT2D eigenvalue weighted by molar-refractivity contribution is 0.315. The third-order valence-corrected chi connectivity index (χ3v) is 3.95. The van der Waals surface area contributed by atoms with Crippen molar-refractivity contribution in [1.82, 2.24) is 20.6 Å². The zero-order chi connectivity index (χ0) is 15.4. The zero-order valence-corrected chi connectivity index (χ0v) is 12.1. The Hall–Kier alpha value is -1.92. The van der Waals surface area contributed by atoms with Crippen molar-refractivity contribution in [2.75, 3.05) is 6.54 Å². The number of hydrogen-bond donors (Lipinski definition) is 2. The van der Waals surface area contributed by atoms with Crippen molar-refractivity contribution in [3.8, 4) is 0 Å². The molecule has 2 atom stereocenters. The van der Waals surface area contributed by atoms with Crippen LogP contribution in [0, 0.1) is 11.6 Å². The maximum atomic E-state index is 13.9. The number of piperidine rings is 1. The van der Waals surface area contributed by atoms with Crippen LogP contribution in [0.5, 0.6) is 0 Å². The number of nitrogens with zero attached hydrogens (tertiary/aromatic N) is 2. The molecule has 2 heterocycles. The van der Waals surface area contributed by atoms with Gasteiger partial charge in [-0.1, -0.05) is 0 Å². The average molecular weight is 304 g/mol. The summed E-state index contributed by atoms with van der Waals surface area (Å²) in [6.45, 7) is 1.41. The van der Waals surface area contributed by atoms with E-state index in [1.54, 1.807) is 6.20 Å². The number of benzene rings is 1. The van der Waals surface area contributed by atoms with Gasteiger partial charge in [-0.15, -0.1) is 0 Å². The van der Waals surface area contributed by atoms with Crippen LogP contribution in [-0.4, -0.2) is 22.6 Å². The molecule has 0 bridgehead atoms. The van der Waals surface area contributed by atoms with Gasteiger partial charge >= 0.3 is 0 Å². The van der Waals surface area contributed by atoms with E-state index in [4.69, 9.17) is 0 Å². The number of aromatic nitrogens is 2. The summed E-state index contributed by atoms with van der Waals surface area (Å²) in [6.07, 6.45) is 4.88. The van der Waals surface area contributed by atoms with Crippen LogP contribution in [0.15, 0.2) is 36.8 Å². The molecular weight excluding hydrogens is 286 g/mol. The molecule has 2 N–H and O–H groups in total. The minimum absolute atomic E-state index is 0.174. The molecule has 0 spiro atoms. The minimum Gasteiger partial charge on any atom is -0.310 e. The highest BCUT2D eigenvalue weighted by atomic mass is 19.1. The summed E-state index contributed by atoms with van der Waals surface area (Å²) in [7, 11) is 0. The van der Waals surface area contributed by atoms with Crippen molar-refractivity contribution < 1.29 is 8.78 Å². The fourth-order valence-electron chi connectivity index (χ4n) is 2.79. The van der Waals surface area contributed by atoms with Gasteiger partial charge < -0.3 is 10.6 Å². The van der Waals surface area contributed by atoms with Gasteiger partial charge in [0.2, 0.25) is 0 Å². The molecule has 3 rings (SSSR count). The largest absolute Gasteiger partial charge is 0.310 e. The van der Waals surface area contributed by atoms with Crippen LogP contribution in [0.3, 0.4) is 0 Å². The minimum atomic E-state index is -0.408. The Balaban J connectivity index is 1.63. The van der Waals surface area contributed by atoms with Crippen LogP contribution >= 0.6 is 0 Å².